The SMILES string of the molecule is C=NC/C=C(\C)OC. The minimum atomic E-state index is 0.639. The van der Waals surface area contributed by atoms with Gasteiger partial charge in [-0.1, -0.05) is 0 Å². The van der Waals surface area contributed by atoms with Crippen LogP contribution in [0.4, 0.5) is 0 Å². The molecule has 0 bridgehead atoms. The first kappa shape index (κ1) is 7.21. The lowest BCUT2D eigenvalue weighted by Crippen LogP contribution is -1.80. The second-order valence-corrected chi connectivity index (χ2v) is 1.43. The quantitative estimate of drug-likeness (QED) is 0.398. The Kier molecular flexibility index (Phi) is 3.94. The van der Waals surface area contributed by atoms with Gasteiger partial charge in [0.15, 0.2) is 0 Å². The van der Waals surface area contributed by atoms with Gasteiger partial charge in [-0.3, -0.25) is 4.99 Å². The fourth-order valence-electron chi connectivity index (χ4n) is 0.276. The average Bonchev–Trinajstić information content (AvgIpc) is 1.83. The Hall–Kier alpha value is -0.790. The second kappa shape index (κ2) is 4.37. The molecule has 8 heavy (non-hydrogen) atoms. The maximum atomic E-state index is 4.83. The van der Waals surface area contributed by atoms with Crippen molar-refractivity contribution in [3.63, 3.8) is 0 Å². The summed E-state index contributed by atoms with van der Waals surface area (Å²) < 4.78 is 4.83. The first-order valence-electron chi connectivity index (χ1n) is 2.44. The molecule has 46 valence electrons. The molecule has 0 aliphatic carbocycles. The first-order chi connectivity index (χ1) is 3.81. The molecule has 0 aromatic rings. The van der Waals surface area contributed by atoms with E-state index >= 15 is 0 Å². The van der Waals surface area contributed by atoms with E-state index in [0.29, 0.717) is 6.54 Å². The van der Waals surface area contributed by atoms with Crippen LogP contribution in [-0.2, 0) is 4.74 Å². The zero-order chi connectivity index (χ0) is 6.41. The van der Waals surface area contributed by atoms with Gasteiger partial charge in [0.2, 0.25) is 0 Å². The number of nitrogens with zero attached hydrogens (tertiary/aromatic N) is 1. The van der Waals surface area contributed by atoms with Crippen LogP contribution in [0.3, 0.4) is 0 Å². The topological polar surface area (TPSA) is 21.6 Å². The molecule has 0 saturated heterocycles. The van der Waals surface area contributed by atoms with E-state index in [9.17, 15) is 0 Å². The monoisotopic (exact) mass is 113 g/mol. The molecule has 0 aromatic heterocycles. The highest BCUT2D eigenvalue weighted by Gasteiger charge is 1.78. The minimum Gasteiger partial charge on any atom is -0.502 e. The molecule has 0 aromatic carbocycles. The lowest BCUT2D eigenvalue weighted by Gasteiger charge is -1.94. The Morgan fingerprint density at radius 3 is 2.88 bits per heavy atom. The lowest BCUT2D eigenvalue weighted by molar-refractivity contribution is 0.292. The summed E-state index contributed by atoms with van der Waals surface area (Å²) in [7, 11) is 1.63. The largest absolute Gasteiger partial charge is 0.502 e. The lowest BCUT2D eigenvalue weighted by atomic mass is 10.5. The summed E-state index contributed by atoms with van der Waals surface area (Å²) in [5, 5.41) is 0. The zero-order valence-electron chi connectivity index (χ0n) is 5.35. The van der Waals surface area contributed by atoms with Crippen LogP contribution in [0.5, 0.6) is 0 Å². The Morgan fingerprint density at radius 2 is 2.50 bits per heavy atom. The predicted molar refractivity (Wildman–Crippen MR) is 35.2 cm³/mol. The van der Waals surface area contributed by atoms with Gasteiger partial charge in [0.1, 0.15) is 0 Å². The van der Waals surface area contributed by atoms with Crippen molar-refractivity contribution in [2.24, 2.45) is 4.99 Å². The molecule has 0 radical (unpaired) electrons. The van der Waals surface area contributed by atoms with Crippen molar-refractivity contribution in [3.05, 3.63) is 11.8 Å². The van der Waals surface area contributed by atoms with Gasteiger partial charge in [-0.25, -0.2) is 0 Å². The summed E-state index contributed by atoms with van der Waals surface area (Å²) in [5.41, 5.74) is 0. The highest BCUT2D eigenvalue weighted by molar-refractivity contribution is 5.23. The third-order valence-corrected chi connectivity index (χ3v) is 0.830. The van der Waals surface area contributed by atoms with Crippen LogP contribution in [0.1, 0.15) is 6.92 Å². The highest BCUT2D eigenvalue weighted by atomic mass is 16.5. The van der Waals surface area contributed by atoms with Gasteiger partial charge in [-0.05, 0) is 19.7 Å². The molecule has 2 heteroatoms. The Labute approximate surface area is 49.9 Å². The fraction of sp³-hybridized carbons (Fsp3) is 0.500. The van der Waals surface area contributed by atoms with Crippen LogP contribution in [0.2, 0.25) is 0 Å². The van der Waals surface area contributed by atoms with E-state index in [4.69, 9.17) is 4.74 Å². The van der Waals surface area contributed by atoms with E-state index in [-0.39, 0.29) is 0 Å². The normalized spacial score (nSPS) is 11.0. The van der Waals surface area contributed by atoms with E-state index in [1.807, 2.05) is 13.0 Å². The van der Waals surface area contributed by atoms with Gasteiger partial charge >= 0.3 is 0 Å². The van der Waals surface area contributed by atoms with Gasteiger partial charge < -0.3 is 4.74 Å². The molecule has 0 aliphatic rings. The number of ether oxygens (including phenoxy) is 1. The molecule has 0 heterocycles. The van der Waals surface area contributed by atoms with Crippen molar-refractivity contribution < 1.29 is 4.74 Å². The number of allylic oxidation sites excluding steroid dienone is 1. The Balaban J connectivity index is 3.40. The number of hydrogen-bond acceptors (Lipinski definition) is 2. The zero-order valence-corrected chi connectivity index (χ0v) is 5.35. The van der Waals surface area contributed by atoms with E-state index in [2.05, 4.69) is 11.7 Å². The van der Waals surface area contributed by atoms with Crippen LogP contribution in [-0.4, -0.2) is 20.4 Å². The Bertz CT molecular complexity index is 96.7. The molecule has 0 fully saturated rings. The fourth-order valence-corrected chi connectivity index (χ4v) is 0.276. The summed E-state index contributed by atoms with van der Waals surface area (Å²) in [6, 6.07) is 0. The van der Waals surface area contributed by atoms with Gasteiger partial charge in [-0.15, -0.1) is 0 Å². The maximum Gasteiger partial charge on any atom is 0.0903 e. The van der Waals surface area contributed by atoms with Crippen molar-refractivity contribution in [1.29, 1.82) is 0 Å². The van der Waals surface area contributed by atoms with Crippen molar-refractivity contribution in [2.45, 2.75) is 6.92 Å². The maximum absolute atomic E-state index is 4.83. The van der Waals surface area contributed by atoms with E-state index in [1.165, 1.54) is 0 Å². The first-order valence-corrected chi connectivity index (χ1v) is 2.44. The van der Waals surface area contributed by atoms with Crippen LogP contribution >= 0.6 is 0 Å². The summed E-state index contributed by atoms with van der Waals surface area (Å²) in [6.45, 7) is 5.84. The molecule has 0 N–H and O–H groups in total. The van der Waals surface area contributed by atoms with Crippen LogP contribution in [0.25, 0.3) is 0 Å². The summed E-state index contributed by atoms with van der Waals surface area (Å²) in [6.07, 6.45) is 1.87. The molecule has 0 saturated carbocycles. The number of rotatable bonds is 3. The minimum absolute atomic E-state index is 0.639. The number of hydrogen-bond donors (Lipinski definition) is 0. The van der Waals surface area contributed by atoms with E-state index in [0.717, 1.165) is 5.76 Å². The number of methoxy groups -OCH3 is 1. The van der Waals surface area contributed by atoms with Gasteiger partial charge in [-0.2, -0.15) is 0 Å². The van der Waals surface area contributed by atoms with Gasteiger partial charge in [0.25, 0.3) is 0 Å². The van der Waals surface area contributed by atoms with Crippen LogP contribution in [0, 0.1) is 0 Å². The van der Waals surface area contributed by atoms with Crippen LogP contribution < -0.4 is 0 Å². The molecular weight excluding hydrogens is 102 g/mol. The van der Waals surface area contributed by atoms with Crippen molar-refractivity contribution >= 4 is 6.72 Å². The van der Waals surface area contributed by atoms with E-state index in [1.54, 1.807) is 7.11 Å². The van der Waals surface area contributed by atoms with E-state index < -0.39 is 0 Å². The molecule has 2 nitrogen and oxygen atoms in total. The molecule has 0 rings (SSSR count). The molecule has 0 atom stereocenters. The van der Waals surface area contributed by atoms with Gasteiger partial charge in [0, 0.05) is 0 Å². The summed E-state index contributed by atoms with van der Waals surface area (Å²) in [4.78, 5) is 3.62. The summed E-state index contributed by atoms with van der Waals surface area (Å²) >= 11 is 0. The predicted octanol–water partition coefficient (Wildman–Crippen LogP) is 1.24. The standard InChI is InChI=1S/C6H11NO/c1-6(8-3)4-5-7-2/h4H,2,5H2,1,3H3/b6-4+. The third-order valence-electron chi connectivity index (χ3n) is 0.830. The molecule has 0 unspecified atom stereocenters. The second-order valence-electron chi connectivity index (χ2n) is 1.43. The third kappa shape index (κ3) is 3.40. The van der Waals surface area contributed by atoms with Crippen molar-refractivity contribution in [3.8, 4) is 0 Å². The number of aliphatic imine (C=N–C) groups is 1. The van der Waals surface area contributed by atoms with Crippen molar-refractivity contribution in [1.82, 2.24) is 0 Å². The molecule has 0 aliphatic heterocycles. The average molecular weight is 113 g/mol. The smallest absolute Gasteiger partial charge is 0.0903 e. The molecule has 0 spiro atoms. The van der Waals surface area contributed by atoms with Gasteiger partial charge in [0.05, 0.1) is 19.4 Å². The Morgan fingerprint density at radius 1 is 1.88 bits per heavy atom. The molecule has 0 amide bonds. The highest BCUT2D eigenvalue weighted by Crippen LogP contribution is 1.89. The van der Waals surface area contributed by atoms with Crippen molar-refractivity contribution in [2.75, 3.05) is 13.7 Å². The summed E-state index contributed by atoms with van der Waals surface area (Å²) in [5.74, 6) is 0.886. The molecular formula is C6H11NO. The van der Waals surface area contributed by atoms with Crippen LogP contribution in [0.15, 0.2) is 16.8 Å².